The van der Waals surface area contributed by atoms with Gasteiger partial charge >= 0.3 is 0 Å². The molecule has 0 bridgehead atoms. The first-order valence-electron chi connectivity index (χ1n) is 7.22. The van der Waals surface area contributed by atoms with E-state index in [4.69, 9.17) is 0 Å². The first-order valence-corrected chi connectivity index (χ1v) is 7.22. The molecule has 3 heteroatoms. The standard InChI is InChI=1S/C17H29N3/c1-8-12-20(17(5,6)7)15-14(10-9-11-18-15)13-19-16(2,3)4/h8-11,19H,1,12-13H2,2-7H3. The normalized spacial score (nSPS) is 12.3. The second-order valence-corrected chi connectivity index (χ2v) is 7.16. The quantitative estimate of drug-likeness (QED) is 0.829. The van der Waals surface area contributed by atoms with Gasteiger partial charge in [-0.2, -0.15) is 0 Å². The number of hydrogen-bond donors (Lipinski definition) is 1. The summed E-state index contributed by atoms with van der Waals surface area (Å²) in [6.07, 6.45) is 3.79. The highest BCUT2D eigenvalue weighted by Crippen LogP contribution is 2.25. The van der Waals surface area contributed by atoms with Gasteiger partial charge in [0.15, 0.2) is 0 Å². The van der Waals surface area contributed by atoms with Gasteiger partial charge in [0, 0.05) is 35.9 Å². The van der Waals surface area contributed by atoms with Crippen LogP contribution in [0.2, 0.25) is 0 Å². The molecule has 112 valence electrons. The zero-order valence-electron chi connectivity index (χ0n) is 13.8. The number of pyridine rings is 1. The minimum atomic E-state index is 0.0129. The number of nitrogens with one attached hydrogen (secondary N) is 1. The van der Waals surface area contributed by atoms with Crippen LogP contribution in [0.3, 0.4) is 0 Å². The highest BCUT2D eigenvalue weighted by atomic mass is 15.2. The monoisotopic (exact) mass is 275 g/mol. The van der Waals surface area contributed by atoms with Gasteiger partial charge in [-0.05, 0) is 47.6 Å². The lowest BCUT2D eigenvalue weighted by Crippen LogP contribution is -2.43. The predicted molar refractivity (Wildman–Crippen MR) is 88.1 cm³/mol. The molecule has 0 unspecified atom stereocenters. The summed E-state index contributed by atoms with van der Waals surface area (Å²) in [6, 6.07) is 4.14. The number of nitrogens with zero attached hydrogens (tertiary/aromatic N) is 2. The Labute approximate surface area is 124 Å². The molecule has 0 aliphatic rings. The van der Waals surface area contributed by atoms with E-state index in [9.17, 15) is 0 Å². The van der Waals surface area contributed by atoms with Crippen molar-refractivity contribution in [3.63, 3.8) is 0 Å². The molecule has 20 heavy (non-hydrogen) atoms. The highest BCUT2D eigenvalue weighted by Gasteiger charge is 2.24. The van der Waals surface area contributed by atoms with Gasteiger partial charge in [0.25, 0.3) is 0 Å². The largest absolute Gasteiger partial charge is 0.348 e. The van der Waals surface area contributed by atoms with Crippen molar-refractivity contribution >= 4 is 5.82 Å². The highest BCUT2D eigenvalue weighted by molar-refractivity contribution is 5.49. The molecule has 0 saturated heterocycles. The van der Waals surface area contributed by atoms with E-state index >= 15 is 0 Å². The van der Waals surface area contributed by atoms with Crippen LogP contribution in [0.15, 0.2) is 31.0 Å². The van der Waals surface area contributed by atoms with Gasteiger partial charge in [0.2, 0.25) is 0 Å². The van der Waals surface area contributed by atoms with Gasteiger partial charge in [-0.3, -0.25) is 0 Å². The fourth-order valence-electron chi connectivity index (χ4n) is 1.98. The van der Waals surface area contributed by atoms with Crippen molar-refractivity contribution in [2.45, 2.75) is 59.2 Å². The molecule has 1 aromatic rings. The molecule has 0 amide bonds. The van der Waals surface area contributed by atoms with Crippen molar-refractivity contribution in [1.82, 2.24) is 10.3 Å². The molecule has 0 aromatic carbocycles. The molecule has 0 spiro atoms. The van der Waals surface area contributed by atoms with Crippen molar-refractivity contribution in [3.05, 3.63) is 36.5 Å². The van der Waals surface area contributed by atoms with Crippen molar-refractivity contribution in [2.75, 3.05) is 11.4 Å². The van der Waals surface area contributed by atoms with E-state index < -0.39 is 0 Å². The molecule has 1 rings (SSSR count). The molecule has 0 fully saturated rings. The summed E-state index contributed by atoms with van der Waals surface area (Å²) < 4.78 is 0. The minimum Gasteiger partial charge on any atom is -0.348 e. The van der Waals surface area contributed by atoms with Crippen LogP contribution < -0.4 is 10.2 Å². The molecular weight excluding hydrogens is 246 g/mol. The summed E-state index contributed by atoms with van der Waals surface area (Å²) in [4.78, 5) is 6.89. The lowest BCUT2D eigenvalue weighted by molar-refractivity contribution is 0.422. The second kappa shape index (κ2) is 6.40. The summed E-state index contributed by atoms with van der Waals surface area (Å²) in [5.41, 5.74) is 1.33. The van der Waals surface area contributed by atoms with E-state index in [2.05, 4.69) is 69.4 Å². The summed E-state index contributed by atoms with van der Waals surface area (Å²) >= 11 is 0. The van der Waals surface area contributed by atoms with Crippen LogP contribution in [0.25, 0.3) is 0 Å². The second-order valence-electron chi connectivity index (χ2n) is 7.16. The number of aromatic nitrogens is 1. The van der Waals surface area contributed by atoms with Crippen LogP contribution in [0, 0.1) is 0 Å². The smallest absolute Gasteiger partial charge is 0.133 e. The molecule has 0 saturated carbocycles. The van der Waals surface area contributed by atoms with Gasteiger partial charge in [-0.15, -0.1) is 6.58 Å². The number of anilines is 1. The molecule has 0 aliphatic carbocycles. The van der Waals surface area contributed by atoms with Crippen LogP contribution in [0.5, 0.6) is 0 Å². The topological polar surface area (TPSA) is 28.2 Å². The zero-order valence-corrected chi connectivity index (χ0v) is 13.8. The summed E-state index contributed by atoms with van der Waals surface area (Å²) in [6.45, 7) is 18.6. The third-order valence-electron chi connectivity index (χ3n) is 3.05. The maximum Gasteiger partial charge on any atom is 0.133 e. The molecule has 0 aliphatic heterocycles. The molecule has 1 N–H and O–H groups in total. The van der Waals surface area contributed by atoms with Crippen molar-refractivity contribution in [1.29, 1.82) is 0 Å². The van der Waals surface area contributed by atoms with E-state index in [1.54, 1.807) is 0 Å². The number of hydrogen-bond acceptors (Lipinski definition) is 3. The van der Waals surface area contributed by atoms with Crippen molar-refractivity contribution in [3.8, 4) is 0 Å². The third-order valence-corrected chi connectivity index (χ3v) is 3.05. The van der Waals surface area contributed by atoms with Gasteiger partial charge in [0.1, 0.15) is 5.82 Å². The molecule has 0 radical (unpaired) electrons. The summed E-state index contributed by atoms with van der Waals surface area (Å²) in [5.74, 6) is 1.04. The lowest BCUT2D eigenvalue weighted by Gasteiger charge is -2.37. The Morgan fingerprint density at radius 1 is 1.25 bits per heavy atom. The fourth-order valence-corrected chi connectivity index (χ4v) is 1.98. The van der Waals surface area contributed by atoms with Crippen LogP contribution in [-0.2, 0) is 6.54 Å². The van der Waals surface area contributed by atoms with Crippen molar-refractivity contribution < 1.29 is 0 Å². The maximum absolute atomic E-state index is 4.60. The van der Waals surface area contributed by atoms with E-state index in [0.717, 1.165) is 18.9 Å². The molecular formula is C17H29N3. The fraction of sp³-hybridized carbons (Fsp3) is 0.588. The summed E-state index contributed by atoms with van der Waals surface area (Å²) in [7, 11) is 0. The van der Waals surface area contributed by atoms with Crippen LogP contribution in [0.4, 0.5) is 5.82 Å². The average molecular weight is 275 g/mol. The van der Waals surface area contributed by atoms with Gasteiger partial charge in [-0.25, -0.2) is 4.98 Å². The number of rotatable bonds is 5. The van der Waals surface area contributed by atoms with Gasteiger partial charge in [0.05, 0.1) is 0 Å². The minimum absolute atomic E-state index is 0.0129. The molecule has 1 heterocycles. The molecule has 0 atom stereocenters. The Morgan fingerprint density at radius 3 is 2.40 bits per heavy atom. The van der Waals surface area contributed by atoms with E-state index in [1.807, 2.05) is 18.3 Å². The Morgan fingerprint density at radius 2 is 1.90 bits per heavy atom. The van der Waals surface area contributed by atoms with E-state index in [0.29, 0.717) is 0 Å². The van der Waals surface area contributed by atoms with Crippen LogP contribution >= 0.6 is 0 Å². The van der Waals surface area contributed by atoms with Gasteiger partial charge < -0.3 is 10.2 Å². The first-order chi connectivity index (χ1) is 9.15. The van der Waals surface area contributed by atoms with E-state index in [1.165, 1.54) is 5.56 Å². The van der Waals surface area contributed by atoms with Crippen molar-refractivity contribution in [2.24, 2.45) is 0 Å². The Bertz CT molecular complexity index is 438. The Hall–Kier alpha value is -1.35. The maximum atomic E-state index is 4.60. The lowest BCUT2D eigenvalue weighted by atomic mass is 10.0. The Kier molecular flexibility index (Phi) is 5.35. The SMILES string of the molecule is C=CCN(c1ncccc1CNC(C)(C)C)C(C)(C)C. The third kappa shape index (κ3) is 4.97. The van der Waals surface area contributed by atoms with Crippen LogP contribution in [0.1, 0.15) is 47.1 Å². The van der Waals surface area contributed by atoms with E-state index in [-0.39, 0.29) is 11.1 Å². The molecule has 1 aromatic heterocycles. The predicted octanol–water partition coefficient (Wildman–Crippen LogP) is 3.76. The first kappa shape index (κ1) is 16.7. The van der Waals surface area contributed by atoms with Crippen LogP contribution in [-0.4, -0.2) is 22.6 Å². The molecule has 3 nitrogen and oxygen atoms in total. The zero-order chi connectivity index (χ0) is 15.4. The average Bonchev–Trinajstić information content (AvgIpc) is 2.32. The summed E-state index contributed by atoms with van der Waals surface area (Å²) in [5, 5.41) is 3.53. The Balaban J connectivity index is 3.06. The van der Waals surface area contributed by atoms with Gasteiger partial charge in [-0.1, -0.05) is 12.1 Å².